The van der Waals surface area contributed by atoms with Gasteiger partial charge in [-0.1, -0.05) is 0 Å². The van der Waals surface area contributed by atoms with Crippen molar-refractivity contribution in [3.8, 4) is 5.75 Å². The van der Waals surface area contributed by atoms with Gasteiger partial charge in [0.25, 0.3) is 0 Å². The minimum absolute atomic E-state index is 0.155. The van der Waals surface area contributed by atoms with Gasteiger partial charge in [0, 0.05) is 0 Å². The fraction of sp³-hybridized carbons (Fsp3) is 0.333. The van der Waals surface area contributed by atoms with Crippen molar-refractivity contribution < 1.29 is 19.7 Å². The number of amides is 1. The van der Waals surface area contributed by atoms with E-state index in [0.29, 0.717) is 5.75 Å². The normalized spacial score (nSPS) is 14.3. The van der Waals surface area contributed by atoms with Crippen LogP contribution in [0.5, 0.6) is 5.75 Å². The molecule has 0 saturated heterocycles. The highest BCUT2D eigenvalue weighted by molar-refractivity contribution is 5.79. The molecule has 0 saturated carbocycles. The molecule has 0 fully saturated rings. The van der Waals surface area contributed by atoms with Crippen LogP contribution in [-0.2, 0) is 4.79 Å². The molecule has 0 aromatic carbocycles. The van der Waals surface area contributed by atoms with Crippen LogP contribution in [0.2, 0.25) is 0 Å². The molecule has 1 heterocycles. The molecule has 0 aliphatic carbocycles. The number of nitrogens with zero attached hydrogens (tertiary/aromatic N) is 1. The smallest absolute Gasteiger partial charge is 0.249 e. The number of aliphatic hydroxyl groups is 2. The summed E-state index contributed by atoms with van der Waals surface area (Å²) < 4.78 is 4.86. The molecule has 1 aromatic heterocycles. The fourth-order valence-electron chi connectivity index (χ4n) is 1.00. The number of ether oxygens (including phenoxy) is 1. The predicted molar refractivity (Wildman–Crippen MR) is 51.0 cm³/mol. The monoisotopic (exact) mass is 212 g/mol. The maximum absolute atomic E-state index is 10.6. The minimum Gasteiger partial charge on any atom is -0.495 e. The van der Waals surface area contributed by atoms with Crippen LogP contribution in [0.15, 0.2) is 18.3 Å². The SMILES string of the molecule is COc1ccc(C(O)C(O)C(N)=O)nc1. The Kier molecular flexibility index (Phi) is 3.59. The summed E-state index contributed by atoms with van der Waals surface area (Å²) in [5.41, 5.74) is 4.98. The van der Waals surface area contributed by atoms with Crippen LogP contribution in [0.1, 0.15) is 11.8 Å². The molecule has 1 aromatic rings. The average Bonchev–Trinajstić information content (AvgIpc) is 2.27. The number of nitrogens with two attached hydrogens (primary N) is 1. The van der Waals surface area contributed by atoms with Crippen LogP contribution in [0.4, 0.5) is 0 Å². The zero-order valence-corrected chi connectivity index (χ0v) is 8.12. The Balaban J connectivity index is 2.82. The van der Waals surface area contributed by atoms with E-state index in [9.17, 15) is 15.0 Å². The molecule has 0 radical (unpaired) electrons. The molecule has 0 spiro atoms. The van der Waals surface area contributed by atoms with E-state index in [1.165, 1.54) is 19.4 Å². The lowest BCUT2D eigenvalue weighted by Crippen LogP contribution is -2.34. The van der Waals surface area contributed by atoms with Crippen molar-refractivity contribution in [2.75, 3.05) is 7.11 Å². The molecule has 0 bridgehead atoms. The molecule has 1 rings (SSSR count). The molecule has 82 valence electrons. The second kappa shape index (κ2) is 4.72. The molecule has 2 unspecified atom stereocenters. The van der Waals surface area contributed by atoms with Gasteiger partial charge in [-0.15, -0.1) is 0 Å². The molecule has 1 amide bonds. The maximum atomic E-state index is 10.6. The third-order valence-corrected chi connectivity index (χ3v) is 1.89. The van der Waals surface area contributed by atoms with Gasteiger partial charge in [0.1, 0.15) is 11.9 Å². The molecular weight excluding hydrogens is 200 g/mol. The zero-order chi connectivity index (χ0) is 11.4. The van der Waals surface area contributed by atoms with Gasteiger partial charge >= 0.3 is 0 Å². The fourth-order valence-corrected chi connectivity index (χ4v) is 1.00. The van der Waals surface area contributed by atoms with Crippen LogP contribution < -0.4 is 10.5 Å². The first-order valence-electron chi connectivity index (χ1n) is 4.21. The Morgan fingerprint density at radius 1 is 1.53 bits per heavy atom. The van der Waals surface area contributed by atoms with E-state index in [4.69, 9.17) is 10.5 Å². The minimum atomic E-state index is -1.66. The van der Waals surface area contributed by atoms with Gasteiger partial charge < -0.3 is 20.7 Å². The van der Waals surface area contributed by atoms with Gasteiger partial charge in [0.05, 0.1) is 19.0 Å². The number of aromatic nitrogens is 1. The number of aliphatic hydroxyl groups excluding tert-OH is 2. The summed E-state index contributed by atoms with van der Waals surface area (Å²) in [5.74, 6) is -0.486. The molecule has 0 aliphatic rings. The zero-order valence-electron chi connectivity index (χ0n) is 8.12. The van der Waals surface area contributed by atoms with Crippen LogP contribution in [0.3, 0.4) is 0 Å². The summed E-state index contributed by atoms with van der Waals surface area (Å²) in [5, 5.41) is 18.6. The Hall–Kier alpha value is -1.66. The number of methoxy groups -OCH3 is 1. The summed E-state index contributed by atoms with van der Waals surface area (Å²) in [6.07, 6.45) is -1.72. The number of hydrogen-bond donors (Lipinski definition) is 3. The molecule has 6 nitrogen and oxygen atoms in total. The maximum Gasteiger partial charge on any atom is 0.249 e. The number of carbonyl (C=O) groups excluding carboxylic acids is 1. The predicted octanol–water partition coefficient (Wildman–Crippen LogP) is -1.03. The highest BCUT2D eigenvalue weighted by Gasteiger charge is 2.24. The molecule has 6 heteroatoms. The Morgan fingerprint density at radius 3 is 2.60 bits per heavy atom. The van der Waals surface area contributed by atoms with Crippen LogP contribution in [0.25, 0.3) is 0 Å². The summed E-state index contributed by atoms with van der Waals surface area (Å²) >= 11 is 0. The van der Waals surface area contributed by atoms with Crippen molar-refractivity contribution in [1.29, 1.82) is 0 Å². The first kappa shape index (κ1) is 11.4. The van der Waals surface area contributed by atoms with Crippen molar-refractivity contribution in [2.24, 2.45) is 5.73 Å². The van der Waals surface area contributed by atoms with Crippen molar-refractivity contribution >= 4 is 5.91 Å². The van der Waals surface area contributed by atoms with Crippen LogP contribution in [-0.4, -0.2) is 34.3 Å². The third kappa shape index (κ3) is 2.64. The van der Waals surface area contributed by atoms with E-state index in [1.807, 2.05) is 0 Å². The highest BCUT2D eigenvalue weighted by Crippen LogP contribution is 2.17. The summed E-state index contributed by atoms with van der Waals surface area (Å²) in [6, 6.07) is 2.99. The van der Waals surface area contributed by atoms with Crippen molar-refractivity contribution in [3.63, 3.8) is 0 Å². The van der Waals surface area contributed by atoms with E-state index in [0.717, 1.165) is 0 Å². The van der Waals surface area contributed by atoms with Gasteiger partial charge in [-0.05, 0) is 12.1 Å². The van der Waals surface area contributed by atoms with Gasteiger partial charge in [-0.2, -0.15) is 0 Å². The van der Waals surface area contributed by atoms with E-state index in [2.05, 4.69) is 4.98 Å². The lowest BCUT2D eigenvalue weighted by atomic mass is 10.1. The van der Waals surface area contributed by atoms with Crippen LogP contribution >= 0.6 is 0 Å². The van der Waals surface area contributed by atoms with E-state index in [1.54, 1.807) is 6.07 Å². The van der Waals surface area contributed by atoms with Crippen molar-refractivity contribution in [3.05, 3.63) is 24.0 Å². The quantitative estimate of drug-likeness (QED) is 0.591. The topological polar surface area (TPSA) is 106 Å². The van der Waals surface area contributed by atoms with Gasteiger partial charge in [-0.25, -0.2) is 0 Å². The van der Waals surface area contributed by atoms with E-state index >= 15 is 0 Å². The largest absolute Gasteiger partial charge is 0.495 e. The van der Waals surface area contributed by atoms with E-state index < -0.39 is 18.1 Å². The van der Waals surface area contributed by atoms with Crippen molar-refractivity contribution in [1.82, 2.24) is 4.98 Å². The summed E-state index contributed by atoms with van der Waals surface area (Å²) in [7, 11) is 1.48. The van der Waals surface area contributed by atoms with Crippen LogP contribution in [0, 0.1) is 0 Å². The van der Waals surface area contributed by atoms with E-state index in [-0.39, 0.29) is 5.69 Å². The summed E-state index contributed by atoms with van der Waals surface area (Å²) in [4.78, 5) is 14.4. The number of pyridine rings is 1. The number of hydrogen-bond acceptors (Lipinski definition) is 5. The van der Waals surface area contributed by atoms with Crippen molar-refractivity contribution in [2.45, 2.75) is 12.2 Å². The first-order chi connectivity index (χ1) is 7.06. The highest BCUT2D eigenvalue weighted by atomic mass is 16.5. The molecular formula is C9H12N2O4. The third-order valence-electron chi connectivity index (χ3n) is 1.89. The molecule has 0 aliphatic heterocycles. The average molecular weight is 212 g/mol. The molecule has 2 atom stereocenters. The lowest BCUT2D eigenvalue weighted by Gasteiger charge is -2.14. The second-order valence-corrected chi connectivity index (χ2v) is 2.91. The van der Waals surface area contributed by atoms with Gasteiger partial charge in [0.15, 0.2) is 6.10 Å². The Bertz CT molecular complexity index is 338. The Morgan fingerprint density at radius 2 is 2.20 bits per heavy atom. The van der Waals surface area contributed by atoms with Gasteiger partial charge in [-0.3, -0.25) is 9.78 Å². The number of primary amides is 1. The number of rotatable bonds is 4. The van der Waals surface area contributed by atoms with Gasteiger partial charge in [0.2, 0.25) is 5.91 Å². The standard InChI is InChI=1S/C9H12N2O4/c1-15-5-2-3-6(11-4-5)7(12)8(13)9(10)14/h2-4,7-8,12-13H,1H3,(H2,10,14). The second-order valence-electron chi connectivity index (χ2n) is 2.91. The first-order valence-corrected chi connectivity index (χ1v) is 4.21. The lowest BCUT2D eigenvalue weighted by molar-refractivity contribution is -0.132. The number of carbonyl (C=O) groups is 1. The molecule has 4 N–H and O–H groups in total. The Labute approximate surface area is 86.3 Å². The molecule has 15 heavy (non-hydrogen) atoms. The summed E-state index contributed by atoms with van der Waals surface area (Å²) in [6.45, 7) is 0.